The molecule has 3 N–H and O–H groups in total. The molecule has 0 aromatic rings. The Morgan fingerprint density at radius 3 is 2.64 bits per heavy atom. The fourth-order valence-corrected chi connectivity index (χ4v) is 1.21. The molecule has 0 saturated carbocycles. The summed E-state index contributed by atoms with van der Waals surface area (Å²) < 4.78 is 26.2. The van der Waals surface area contributed by atoms with E-state index in [1.54, 1.807) is 0 Å². The first-order valence-electron chi connectivity index (χ1n) is 2.60. The van der Waals surface area contributed by atoms with Crippen LogP contribution in [0.1, 0.15) is 0 Å². The highest BCUT2D eigenvalue weighted by Crippen LogP contribution is 1.95. The summed E-state index contributed by atoms with van der Waals surface area (Å²) in [6, 6.07) is 0. The van der Waals surface area contributed by atoms with Gasteiger partial charge in [0.1, 0.15) is 5.71 Å². The summed E-state index contributed by atoms with van der Waals surface area (Å²) in [6.07, 6.45) is 2.27. The van der Waals surface area contributed by atoms with Gasteiger partial charge in [0.15, 0.2) is 0 Å². The average molecular weight is 175 g/mol. The SMILES string of the molecule is NC(=O)C1=NS(=O)(=O)NC=C1. The van der Waals surface area contributed by atoms with E-state index in [2.05, 4.69) is 4.40 Å². The molecule has 1 heterocycles. The zero-order valence-corrected chi connectivity index (χ0v) is 6.13. The second kappa shape index (κ2) is 2.35. The molecule has 0 radical (unpaired) electrons. The highest BCUT2D eigenvalue weighted by atomic mass is 32.2. The van der Waals surface area contributed by atoms with Gasteiger partial charge < -0.3 is 5.73 Å². The van der Waals surface area contributed by atoms with E-state index in [-0.39, 0.29) is 5.71 Å². The minimum atomic E-state index is -3.73. The van der Waals surface area contributed by atoms with Crippen LogP contribution < -0.4 is 10.5 Å². The molecule has 0 aromatic carbocycles. The van der Waals surface area contributed by atoms with Crippen molar-refractivity contribution in [3.05, 3.63) is 12.3 Å². The summed E-state index contributed by atoms with van der Waals surface area (Å²) in [5.41, 5.74) is 4.50. The van der Waals surface area contributed by atoms with Gasteiger partial charge in [0.25, 0.3) is 5.91 Å². The molecule has 1 amide bonds. The smallest absolute Gasteiger partial charge is 0.342 e. The Morgan fingerprint density at radius 2 is 2.27 bits per heavy atom. The lowest BCUT2D eigenvalue weighted by molar-refractivity contribution is -0.111. The highest BCUT2D eigenvalue weighted by Gasteiger charge is 2.14. The van der Waals surface area contributed by atoms with Gasteiger partial charge in [-0.1, -0.05) is 0 Å². The first-order chi connectivity index (χ1) is 5.01. The van der Waals surface area contributed by atoms with Gasteiger partial charge in [0.2, 0.25) is 0 Å². The maximum Gasteiger partial charge on any atom is 0.342 e. The largest absolute Gasteiger partial charge is 0.364 e. The molecule has 0 saturated heterocycles. The number of primary amides is 1. The molecular formula is C4H5N3O3S. The van der Waals surface area contributed by atoms with Crippen molar-refractivity contribution in [2.24, 2.45) is 10.1 Å². The molecule has 0 fully saturated rings. The van der Waals surface area contributed by atoms with Gasteiger partial charge >= 0.3 is 10.2 Å². The minimum absolute atomic E-state index is 0.274. The third kappa shape index (κ3) is 1.77. The van der Waals surface area contributed by atoms with Crippen LogP contribution in [-0.2, 0) is 15.0 Å². The van der Waals surface area contributed by atoms with Crippen molar-refractivity contribution in [2.45, 2.75) is 0 Å². The quantitative estimate of drug-likeness (QED) is 0.495. The predicted molar refractivity (Wildman–Crippen MR) is 37.8 cm³/mol. The van der Waals surface area contributed by atoms with Crippen molar-refractivity contribution in [2.75, 3.05) is 0 Å². The molecule has 0 atom stereocenters. The van der Waals surface area contributed by atoms with E-state index in [1.807, 2.05) is 4.72 Å². The second-order valence-corrected chi connectivity index (χ2v) is 3.14. The van der Waals surface area contributed by atoms with Gasteiger partial charge in [-0.15, -0.1) is 4.40 Å². The number of nitrogens with one attached hydrogen (secondary N) is 1. The molecular weight excluding hydrogens is 170 g/mol. The first-order valence-corrected chi connectivity index (χ1v) is 4.04. The lowest BCUT2D eigenvalue weighted by atomic mass is 10.3. The number of nitrogens with zero attached hydrogens (tertiary/aromatic N) is 1. The molecule has 0 spiro atoms. The van der Waals surface area contributed by atoms with Crippen LogP contribution in [0.5, 0.6) is 0 Å². The maximum absolute atomic E-state index is 10.6. The Balaban J connectivity index is 3.09. The number of hydrogen-bond donors (Lipinski definition) is 2. The summed E-state index contributed by atoms with van der Waals surface area (Å²) in [4.78, 5) is 10.4. The highest BCUT2D eigenvalue weighted by molar-refractivity contribution is 7.88. The fraction of sp³-hybridized carbons (Fsp3) is 0. The molecule has 0 bridgehead atoms. The van der Waals surface area contributed by atoms with E-state index < -0.39 is 16.1 Å². The van der Waals surface area contributed by atoms with Crippen LogP contribution in [0, 0.1) is 0 Å². The zero-order chi connectivity index (χ0) is 8.48. The van der Waals surface area contributed by atoms with Crippen molar-refractivity contribution in [3.63, 3.8) is 0 Å². The first kappa shape index (κ1) is 7.73. The Labute approximate surface area is 63.0 Å². The zero-order valence-electron chi connectivity index (χ0n) is 5.31. The van der Waals surface area contributed by atoms with Crippen molar-refractivity contribution in [3.8, 4) is 0 Å². The molecule has 1 aliphatic heterocycles. The third-order valence-corrected chi connectivity index (χ3v) is 1.80. The lowest BCUT2D eigenvalue weighted by Gasteiger charge is -2.03. The van der Waals surface area contributed by atoms with Crippen LogP contribution in [0.4, 0.5) is 0 Å². The monoisotopic (exact) mass is 175 g/mol. The predicted octanol–water partition coefficient (Wildman–Crippen LogP) is -1.73. The van der Waals surface area contributed by atoms with Crippen molar-refractivity contribution < 1.29 is 13.2 Å². The molecule has 7 heteroatoms. The summed E-state index contributed by atoms with van der Waals surface area (Å²) in [6.45, 7) is 0. The van der Waals surface area contributed by atoms with Gasteiger partial charge in [-0.05, 0) is 6.08 Å². The molecule has 1 rings (SSSR count). The topological polar surface area (TPSA) is 102 Å². The van der Waals surface area contributed by atoms with E-state index in [0.717, 1.165) is 6.20 Å². The van der Waals surface area contributed by atoms with Crippen LogP contribution in [0.25, 0.3) is 0 Å². The van der Waals surface area contributed by atoms with Crippen molar-refractivity contribution in [1.29, 1.82) is 0 Å². The maximum atomic E-state index is 10.6. The van der Waals surface area contributed by atoms with Crippen LogP contribution in [0.15, 0.2) is 16.7 Å². The summed E-state index contributed by atoms with van der Waals surface area (Å²) in [5, 5.41) is 0. The molecule has 0 unspecified atom stereocenters. The number of hydrogen-bond acceptors (Lipinski definition) is 3. The van der Waals surface area contributed by atoms with E-state index in [9.17, 15) is 13.2 Å². The van der Waals surface area contributed by atoms with Crippen LogP contribution in [0.2, 0.25) is 0 Å². The van der Waals surface area contributed by atoms with E-state index in [1.165, 1.54) is 6.08 Å². The van der Waals surface area contributed by atoms with Gasteiger partial charge in [-0.2, -0.15) is 8.42 Å². The Bertz CT molecular complexity index is 340. The molecule has 6 nitrogen and oxygen atoms in total. The average Bonchev–Trinajstić information content (AvgIpc) is 1.85. The number of rotatable bonds is 1. The Morgan fingerprint density at radius 1 is 1.64 bits per heavy atom. The Kier molecular flexibility index (Phi) is 1.65. The molecule has 1 aliphatic rings. The summed E-state index contributed by atoms with van der Waals surface area (Å²) >= 11 is 0. The van der Waals surface area contributed by atoms with Crippen LogP contribution in [0.3, 0.4) is 0 Å². The second-order valence-electron chi connectivity index (χ2n) is 1.77. The van der Waals surface area contributed by atoms with E-state index in [4.69, 9.17) is 5.73 Å². The minimum Gasteiger partial charge on any atom is -0.364 e. The number of amides is 1. The lowest BCUT2D eigenvalue weighted by Crippen LogP contribution is -2.29. The summed E-state index contributed by atoms with van der Waals surface area (Å²) in [5.74, 6) is -0.869. The number of carbonyl (C=O) groups is 1. The molecule has 60 valence electrons. The van der Waals surface area contributed by atoms with E-state index in [0.29, 0.717) is 0 Å². The standard InChI is InChI=1S/C4H5N3O3S/c5-4(8)3-1-2-6-11(9,10)7-3/h1-2,6H,(H2,5,8). The molecule has 0 aliphatic carbocycles. The van der Waals surface area contributed by atoms with Gasteiger partial charge in [0.05, 0.1) is 0 Å². The van der Waals surface area contributed by atoms with Crippen molar-refractivity contribution in [1.82, 2.24) is 4.72 Å². The third-order valence-electron chi connectivity index (χ3n) is 0.929. The van der Waals surface area contributed by atoms with Crippen LogP contribution >= 0.6 is 0 Å². The molecule has 0 aromatic heterocycles. The number of nitrogens with two attached hydrogens (primary N) is 1. The summed E-state index contributed by atoms with van der Waals surface area (Å²) in [7, 11) is -3.73. The van der Waals surface area contributed by atoms with Gasteiger partial charge in [-0.25, -0.2) is 0 Å². The Hall–Kier alpha value is -1.37. The fourth-order valence-electron chi connectivity index (χ4n) is 0.512. The van der Waals surface area contributed by atoms with Crippen LogP contribution in [-0.4, -0.2) is 20.0 Å². The van der Waals surface area contributed by atoms with Crippen molar-refractivity contribution >= 4 is 21.8 Å². The van der Waals surface area contributed by atoms with Gasteiger partial charge in [0, 0.05) is 6.20 Å². The molecule has 11 heavy (non-hydrogen) atoms. The number of carbonyl (C=O) groups excluding carboxylic acids is 1. The normalized spacial score (nSPS) is 20.2. The van der Waals surface area contributed by atoms with Gasteiger partial charge in [-0.3, -0.25) is 9.52 Å². The van der Waals surface area contributed by atoms with E-state index >= 15 is 0 Å².